The van der Waals surface area contributed by atoms with Crippen molar-refractivity contribution in [1.29, 1.82) is 0 Å². The molecular weight excluding hydrogens is 240 g/mol. The van der Waals surface area contributed by atoms with Gasteiger partial charge in [0.25, 0.3) is 0 Å². The van der Waals surface area contributed by atoms with Crippen LogP contribution in [0.4, 0.5) is 5.69 Å². The highest BCUT2D eigenvalue weighted by molar-refractivity contribution is 5.92. The third-order valence-electron chi connectivity index (χ3n) is 3.29. The lowest BCUT2D eigenvalue weighted by Gasteiger charge is -2.37. The fourth-order valence-electron chi connectivity index (χ4n) is 2.36. The molecule has 1 fully saturated rings. The molecule has 0 unspecified atom stereocenters. The molecule has 1 aliphatic heterocycles. The predicted octanol–water partition coefficient (Wildman–Crippen LogP) is 2.04. The Kier molecular flexibility index (Phi) is 4.22. The van der Waals surface area contributed by atoms with E-state index in [1.807, 2.05) is 31.2 Å². The molecule has 1 N–H and O–H groups in total. The first-order valence-corrected chi connectivity index (χ1v) is 6.68. The van der Waals surface area contributed by atoms with Crippen LogP contribution in [0, 0.1) is 6.92 Å². The van der Waals surface area contributed by atoms with Crippen molar-refractivity contribution in [3.05, 3.63) is 29.8 Å². The zero-order valence-corrected chi connectivity index (χ0v) is 11.9. The molecule has 0 spiro atoms. The summed E-state index contributed by atoms with van der Waals surface area (Å²) in [5.74, 6) is 0.0343. The number of carbonyl (C=O) groups is 1. The largest absolute Gasteiger partial charge is 0.373 e. The van der Waals surface area contributed by atoms with Crippen molar-refractivity contribution < 1.29 is 9.53 Å². The molecule has 4 nitrogen and oxygen atoms in total. The average molecular weight is 262 g/mol. The third kappa shape index (κ3) is 4.04. The molecule has 0 bridgehead atoms. The number of benzene rings is 1. The number of hydrogen-bond acceptors (Lipinski definition) is 3. The van der Waals surface area contributed by atoms with Crippen molar-refractivity contribution in [3.8, 4) is 0 Å². The third-order valence-corrected chi connectivity index (χ3v) is 3.29. The molecule has 0 aliphatic carbocycles. The number of anilines is 1. The number of rotatable bonds is 3. The summed E-state index contributed by atoms with van der Waals surface area (Å²) < 4.78 is 5.64. The van der Waals surface area contributed by atoms with Gasteiger partial charge in [0.15, 0.2) is 0 Å². The van der Waals surface area contributed by atoms with E-state index in [0.717, 1.165) is 24.3 Å². The number of nitrogens with one attached hydrogen (secondary N) is 1. The van der Waals surface area contributed by atoms with Gasteiger partial charge in [-0.3, -0.25) is 9.69 Å². The molecule has 1 aromatic carbocycles. The zero-order valence-electron chi connectivity index (χ0n) is 11.9. The van der Waals surface area contributed by atoms with Crippen molar-refractivity contribution in [1.82, 2.24) is 4.90 Å². The molecule has 4 heteroatoms. The highest BCUT2D eigenvalue weighted by Gasteiger charge is 2.28. The van der Waals surface area contributed by atoms with Gasteiger partial charge in [-0.1, -0.05) is 18.2 Å². The van der Waals surface area contributed by atoms with Gasteiger partial charge in [-0.2, -0.15) is 0 Å². The topological polar surface area (TPSA) is 41.6 Å². The summed E-state index contributed by atoms with van der Waals surface area (Å²) in [7, 11) is 0. The molecule has 1 aliphatic rings. The van der Waals surface area contributed by atoms with Gasteiger partial charge in [-0.05, 0) is 32.4 Å². The Morgan fingerprint density at radius 2 is 2.16 bits per heavy atom. The van der Waals surface area contributed by atoms with Crippen LogP contribution in [0.3, 0.4) is 0 Å². The second-order valence-corrected chi connectivity index (χ2v) is 5.68. The molecule has 19 heavy (non-hydrogen) atoms. The van der Waals surface area contributed by atoms with E-state index in [4.69, 9.17) is 4.74 Å². The molecule has 1 amide bonds. The second-order valence-electron chi connectivity index (χ2n) is 5.68. The molecule has 1 heterocycles. The fraction of sp³-hybridized carbons (Fsp3) is 0.533. The summed E-state index contributed by atoms with van der Waals surface area (Å²) in [4.78, 5) is 14.2. The van der Waals surface area contributed by atoms with E-state index in [1.54, 1.807) is 0 Å². The Labute approximate surface area is 114 Å². The fourth-order valence-corrected chi connectivity index (χ4v) is 2.36. The Morgan fingerprint density at radius 1 is 1.42 bits per heavy atom. The maximum atomic E-state index is 12.1. The quantitative estimate of drug-likeness (QED) is 0.906. The van der Waals surface area contributed by atoms with E-state index in [1.165, 1.54) is 0 Å². The first kappa shape index (κ1) is 14.0. The average Bonchev–Trinajstić information content (AvgIpc) is 2.30. The minimum atomic E-state index is -0.165. The van der Waals surface area contributed by atoms with Gasteiger partial charge in [0.1, 0.15) is 0 Å². The molecule has 0 saturated carbocycles. The number of para-hydroxylation sites is 1. The zero-order chi connectivity index (χ0) is 13.9. The van der Waals surface area contributed by atoms with Crippen LogP contribution in [0.1, 0.15) is 19.4 Å². The predicted molar refractivity (Wildman–Crippen MR) is 76.3 cm³/mol. The van der Waals surface area contributed by atoms with Crippen LogP contribution < -0.4 is 5.32 Å². The van der Waals surface area contributed by atoms with Crippen molar-refractivity contribution in [2.24, 2.45) is 0 Å². The smallest absolute Gasteiger partial charge is 0.238 e. The number of morpholine rings is 1. The second kappa shape index (κ2) is 5.72. The van der Waals surface area contributed by atoms with E-state index in [-0.39, 0.29) is 11.5 Å². The van der Waals surface area contributed by atoms with Crippen molar-refractivity contribution in [3.63, 3.8) is 0 Å². The van der Waals surface area contributed by atoms with E-state index in [9.17, 15) is 4.79 Å². The highest BCUT2D eigenvalue weighted by atomic mass is 16.5. The van der Waals surface area contributed by atoms with Crippen LogP contribution in [0.5, 0.6) is 0 Å². The number of hydrogen-bond donors (Lipinski definition) is 1. The van der Waals surface area contributed by atoms with Crippen molar-refractivity contribution >= 4 is 11.6 Å². The van der Waals surface area contributed by atoms with Gasteiger partial charge < -0.3 is 10.1 Å². The van der Waals surface area contributed by atoms with Gasteiger partial charge in [-0.25, -0.2) is 0 Å². The lowest BCUT2D eigenvalue weighted by molar-refractivity contribution is -0.122. The molecule has 1 saturated heterocycles. The van der Waals surface area contributed by atoms with Gasteiger partial charge >= 0.3 is 0 Å². The molecule has 0 atom stereocenters. The molecule has 104 valence electrons. The Balaban J connectivity index is 1.90. The Bertz CT molecular complexity index is 457. The SMILES string of the molecule is Cc1ccccc1NC(=O)CN1CCOC(C)(C)C1. The number of carbonyl (C=O) groups excluding carboxylic acids is 1. The normalized spacial score (nSPS) is 19.1. The monoisotopic (exact) mass is 262 g/mol. The van der Waals surface area contributed by atoms with Crippen LogP contribution in [-0.2, 0) is 9.53 Å². The summed E-state index contributed by atoms with van der Waals surface area (Å²) in [5.41, 5.74) is 1.81. The number of aryl methyl sites for hydroxylation is 1. The maximum Gasteiger partial charge on any atom is 0.238 e. The van der Waals surface area contributed by atoms with Gasteiger partial charge in [0, 0.05) is 18.8 Å². The molecule has 0 radical (unpaired) electrons. The standard InChI is InChI=1S/C15H22N2O2/c1-12-6-4-5-7-13(12)16-14(18)10-17-8-9-19-15(2,3)11-17/h4-7H,8-11H2,1-3H3,(H,16,18). The van der Waals surface area contributed by atoms with Crippen LogP contribution in [0.15, 0.2) is 24.3 Å². The highest BCUT2D eigenvalue weighted by Crippen LogP contribution is 2.17. The van der Waals surface area contributed by atoms with Gasteiger partial charge in [0.2, 0.25) is 5.91 Å². The lowest BCUT2D eigenvalue weighted by Crippen LogP contribution is -2.50. The summed E-state index contributed by atoms with van der Waals surface area (Å²) in [6.45, 7) is 8.80. The Morgan fingerprint density at radius 3 is 2.84 bits per heavy atom. The first-order chi connectivity index (χ1) is 8.96. The van der Waals surface area contributed by atoms with Crippen LogP contribution >= 0.6 is 0 Å². The number of amides is 1. The van der Waals surface area contributed by atoms with Gasteiger partial charge in [-0.15, -0.1) is 0 Å². The molecular formula is C15H22N2O2. The minimum absolute atomic E-state index is 0.0343. The molecule has 0 aromatic heterocycles. The molecule has 1 aromatic rings. The summed E-state index contributed by atoms with van der Waals surface area (Å²) >= 11 is 0. The summed E-state index contributed by atoms with van der Waals surface area (Å²) in [5, 5.41) is 2.96. The Hall–Kier alpha value is -1.39. The van der Waals surface area contributed by atoms with E-state index in [2.05, 4.69) is 24.1 Å². The van der Waals surface area contributed by atoms with E-state index < -0.39 is 0 Å². The van der Waals surface area contributed by atoms with E-state index >= 15 is 0 Å². The summed E-state index contributed by atoms with van der Waals surface area (Å²) in [6.07, 6.45) is 0. The van der Waals surface area contributed by atoms with Crippen molar-refractivity contribution in [2.75, 3.05) is 31.6 Å². The van der Waals surface area contributed by atoms with Gasteiger partial charge in [0.05, 0.1) is 18.8 Å². The number of ether oxygens (including phenoxy) is 1. The first-order valence-electron chi connectivity index (χ1n) is 6.68. The molecule has 2 rings (SSSR count). The lowest BCUT2D eigenvalue weighted by atomic mass is 10.1. The minimum Gasteiger partial charge on any atom is -0.373 e. The maximum absolute atomic E-state index is 12.1. The number of nitrogens with zero attached hydrogens (tertiary/aromatic N) is 1. The summed E-state index contributed by atoms with van der Waals surface area (Å²) in [6, 6.07) is 7.82. The van der Waals surface area contributed by atoms with Crippen LogP contribution in [0.25, 0.3) is 0 Å². The van der Waals surface area contributed by atoms with Crippen LogP contribution in [0.2, 0.25) is 0 Å². The van der Waals surface area contributed by atoms with Crippen molar-refractivity contribution in [2.45, 2.75) is 26.4 Å². The van der Waals surface area contributed by atoms with E-state index in [0.29, 0.717) is 13.2 Å². The van der Waals surface area contributed by atoms with Crippen LogP contribution in [-0.4, -0.2) is 42.6 Å².